The minimum Gasteiger partial charge on any atom is -0.393 e. The Balaban J connectivity index is 2.05. The molecule has 0 aromatic heterocycles. The Morgan fingerprint density at radius 3 is 2.71 bits per heavy atom. The highest BCUT2D eigenvalue weighted by Crippen LogP contribution is 2.29. The summed E-state index contributed by atoms with van der Waals surface area (Å²) < 4.78 is 0. The number of hydrogen-bond donors (Lipinski definition) is 2. The van der Waals surface area contributed by atoms with E-state index in [9.17, 15) is 5.11 Å². The number of aliphatic hydroxyl groups is 1. The lowest BCUT2D eigenvalue weighted by atomic mass is 9.91. The standard InChI is InChI=1S/C17H27ClN2O/c1-3-8-19-12-15-11-16(18)4-5-17(15)20-9-6-14(7-10-20)13(2)21/h4-5,11,13-14,19,21H,3,6-10,12H2,1-2H3. The highest BCUT2D eigenvalue weighted by Gasteiger charge is 2.23. The zero-order valence-corrected chi connectivity index (χ0v) is 13.9. The van der Waals surface area contributed by atoms with Crippen LogP contribution in [0.1, 0.15) is 38.7 Å². The number of rotatable bonds is 6. The Hall–Kier alpha value is -0.770. The fraction of sp³-hybridized carbons (Fsp3) is 0.647. The van der Waals surface area contributed by atoms with Crippen LogP contribution in [0.4, 0.5) is 5.69 Å². The molecule has 1 fully saturated rings. The van der Waals surface area contributed by atoms with E-state index in [2.05, 4.69) is 29.3 Å². The van der Waals surface area contributed by atoms with E-state index in [1.54, 1.807) is 0 Å². The van der Waals surface area contributed by atoms with Crippen molar-refractivity contribution in [3.8, 4) is 0 Å². The summed E-state index contributed by atoms with van der Waals surface area (Å²) in [4.78, 5) is 2.43. The van der Waals surface area contributed by atoms with E-state index in [0.717, 1.165) is 50.5 Å². The fourth-order valence-corrected chi connectivity index (χ4v) is 3.22. The van der Waals surface area contributed by atoms with Crippen molar-refractivity contribution in [1.82, 2.24) is 5.32 Å². The van der Waals surface area contributed by atoms with Gasteiger partial charge in [-0.2, -0.15) is 0 Å². The molecule has 0 aliphatic carbocycles. The maximum atomic E-state index is 9.72. The summed E-state index contributed by atoms with van der Waals surface area (Å²) in [5.74, 6) is 0.440. The van der Waals surface area contributed by atoms with Gasteiger partial charge in [-0.1, -0.05) is 18.5 Å². The van der Waals surface area contributed by atoms with Crippen molar-refractivity contribution in [3.05, 3.63) is 28.8 Å². The normalized spacial score (nSPS) is 18.0. The van der Waals surface area contributed by atoms with Crippen LogP contribution in [0.5, 0.6) is 0 Å². The van der Waals surface area contributed by atoms with Gasteiger partial charge in [-0.15, -0.1) is 0 Å². The van der Waals surface area contributed by atoms with Crippen molar-refractivity contribution < 1.29 is 5.11 Å². The SMILES string of the molecule is CCCNCc1cc(Cl)ccc1N1CCC(C(C)O)CC1. The van der Waals surface area contributed by atoms with E-state index in [0.29, 0.717) is 5.92 Å². The molecule has 1 aromatic carbocycles. The van der Waals surface area contributed by atoms with Gasteiger partial charge in [0.15, 0.2) is 0 Å². The second-order valence-electron chi connectivity index (χ2n) is 6.01. The lowest BCUT2D eigenvalue weighted by Crippen LogP contribution is -2.37. The van der Waals surface area contributed by atoms with E-state index < -0.39 is 0 Å². The van der Waals surface area contributed by atoms with Gasteiger partial charge < -0.3 is 15.3 Å². The molecule has 0 amide bonds. The maximum Gasteiger partial charge on any atom is 0.0541 e. The predicted octanol–water partition coefficient (Wildman–Crippen LogP) is 3.44. The second-order valence-corrected chi connectivity index (χ2v) is 6.45. The lowest BCUT2D eigenvalue weighted by molar-refractivity contribution is 0.110. The third-order valence-electron chi connectivity index (χ3n) is 4.35. The van der Waals surface area contributed by atoms with Crippen molar-refractivity contribution in [1.29, 1.82) is 0 Å². The van der Waals surface area contributed by atoms with Crippen LogP contribution in [0.25, 0.3) is 0 Å². The molecule has 4 heteroatoms. The molecule has 1 aliphatic heterocycles. The van der Waals surface area contributed by atoms with Gasteiger partial charge in [-0.25, -0.2) is 0 Å². The number of nitrogens with one attached hydrogen (secondary N) is 1. The largest absolute Gasteiger partial charge is 0.393 e. The first-order chi connectivity index (χ1) is 10.1. The second kappa shape index (κ2) is 8.02. The molecule has 21 heavy (non-hydrogen) atoms. The average Bonchev–Trinajstić information content (AvgIpc) is 2.48. The molecule has 0 saturated carbocycles. The van der Waals surface area contributed by atoms with E-state index >= 15 is 0 Å². The highest BCUT2D eigenvalue weighted by atomic mass is 35.5. The van der Waals surface area contributed by atoms with Crippen molar-refractivity contribution in [2.75, 3.05) is 24.5 Å². The molecule has 2 rings (SSSR count). The molecule has 1 unspecified atom stereocenters. The molecule has 0 bridgehead atoms. The Morgan fingerprint density at radius 2 is 2.10 bits per heavy atom. The first-order valence-corrected chi connectivity index (χ1v) is 8.41. The van der Waals surface area contributed by atoms with Crippen LogP contribution in [-0.4, -0.2) is 30.8 Å². The molecular weight excluding hydrogens is 284 g/mol. The highest BCUT2D eigenvalue weighted by molar-refractivity contribution is 6.30. The van der Waals surface area contributed by atoms with E-state index in [-0.39, 0.29) is 6.10 Å². The molecule has 0 radical (unpaired) electrons. The third kappa shape index (κ3) is 4.60. The van der Waals surface area contributed by atoms with Crippen LogP contribution >= 0.6 is 11.6 Å². The number of aliphatic hydroxyl groups excluding tert-OH is 1. The monoisotopic (exact) mass is 310 g/mol. The van der Waals surface area contributed by atoms with Crippen LogP contribution in [0, 0.1) is 5.92 Å². The van der Waals surface area contributed by atoms with Crippen molar-refractivity contribution >= 4 is 17.3 Å². The zero-order chi connectivity index (χ0) is 15.2. The maximum absolute atomic E-state index is 9.72. The zero-order valence-electron chi connectivity index (χ0n) is 13.1. The molecule has 0 spiro atoms. The van der Waals surface area contributed by atoms with E-state index in [4.69, 9.17) is 11.6 Å². The molecule has 1 aliphatic rings. The quantitative estimate of drug-likeness (QED) is 0.790. The molecular formula is C17H27ClN2O. The molecule has 118 valence electrons. The van der Waals surface area contributed by atoms with Gasteiger partial charge in [0, 0.05) is 30.3 Å². The van der Waals surface area contributed by atoms with Crippen molar-refractivity contribution in [2.45, 2.75) is 45.8 Å². The average molecular weight is 311 g/mol. The Kier molecular flexibility index (Phi) is 6.34. The Labute approximate surface area is 133 Å². The van der Waals surface area contributed by atoms with Gasteiger partial charge >= 0.3 is 0 Å². The van der Waals surface area contributed by atoms with Gasteiger partial charge in [0.05, 0.1) is 6.10 Å². The molecule has 1 heterocycles. The van der Waals surface area contributed by atoms with Crippen LogP contribution in [-0.2, 0) is 6.54 Å². The molecule has 1 aromatic rings. The van der Waals surface area contributed by atoms with Crippen LogP contribution < -0.4 is 10.2 Å². The van der Waals surface area contributed by atoms with Gasteiger partial charge in [-0.3, -0.25) is 0 Å². The molecule has 1 atom stereocenters. The van der Waals surface area contributed by atoms with Gasteiger partial charge in [-0.05, 0) is 62.4 Å². The summed E-state index contributed by atoms with van der Waals surface area (Å²) in [7, 11) is 0. The van der Waals surface area contributed by atoms with Gasteiger partial charge in [0.1, 0.15) is 0 Å². The lowest BCUT2D eigenvalue weighted by Gasteiger charge is -2.36. The molecule has 2 N–H and O–H groups in total. The van der Waals surface area contributed by atoms with Crippen LogP contribution in [0.3, 0.4) is 0 Å². The fourth-order valence-electron chi connectivity index (χ4n) is 3.03. The number of nitrogens with zero attached hydrogens (tertiary/aromatic N) is 1. The smallest absolute Gasteiger partial charge is 0.0541 e. The van der Waals surface area contributed by atoms with E-state index in [1.807, 2.05) is 13.0 Å². The summed E-state index contributed by atoms with van der Waals surface area (Å²) in [5.41, 5.74) is 2.55. The number of benzene rings is 1. The minimum atomic E-state index is -0.192. The minimum absolute atomic E-state index is 0.192. The van der Waals surface area contributed by atoms with Gasteiger partial charge in [0.25, 0.3) is 0 Å². The summed E-state index contributed by atoms with van der Waals surface area (Å²) in [5, 5.41) is 14.0. The van der Waals surface area contributed by atoms with Crippen molar-refractivity contribution in [3.63, 3.8) is 0 Å². The molecule has 3 nitrogen and oxygen atoms in total. The van der Waals surface area contributed by atoms with Crippen molar-refractivity contribution in [2.24, 2.45) is 5.92 Å². The van der Waals surface area contributed by atoms with E-state index in [1.165, 1.54) is 11.3 Å². The van der Waals surface area contributed by atoms with Gasteiger partial charge in [0.2, 0.25) is 0 Å². The topological polar surface area (TPSA) is 35.5 Å². The number of anilines is 1. The van der Waals surface area contributed by atoms with Crippen LogP contribution in [0.15, 0.2) is 18.2 Å². The Bertz CT molecular complexity index is 442. The summed E-state index contributed by atoms with van der Waals surface area (Å²) >= 11 is 6.15. The first kappa shape index (κ1) is 16.6. The number of halogens is 1. The summed E-state index contributed by atoms with van der Waals surface area (Å²) in [6.45, 7) is 7.99. The predicted molar refractivity (Wildman–Crippen MR) is 90.1 cm³/mol. The molecule has 1 saturated heterocycles. The number of hydrogen-bond acceptors (Lipinski definition) is 3. The van der Waals surface area contributed by atoms with Crippen LogP contribution in [0.2, 0.25) is 5.02 Å². The summed E-state index contributed by atoms with van der Waals surface area (Å²) in [6.07, 6.45) is 3.06. The first-order valence-electron chi connectivity index (χ1n) is 8.04. The Morgan fingerprint density at radius 1 is 1.38 bits per heavy atom. The number of piperidine rings is 1. The summed E-state index contributed by atoms with van der Waals surface area (Å²) in [6, 6.07) is 6.18. The third-order valence-corrected chi connectivity index (χ3v) is 4.58.